The fraction of sp³-hybridized carbons (Fsp3) is 0.250. The lowest BCUT2D eigenvalue weighted by atomic mass is 10.1. The van der Waals surface area contributed by atoms with E-state index in [2.05, 4.69) is 25.7 Å². The number of carbonyl (C=O) groups is 3. The van der Waals surface area contributed by atoms with Crippen LogP contribution in [0.4, 0.5) is 5.69 Å². The van der Waals surface area contributed by atoms with E-state index in [0.29, 0.717) is 24.5 Å². The Kier molecular flexibility index (Phi) is 11.0. The van der Waals surface area contributed by atoms with Gasteiger partial charge in [0.15, 0.2) is 0 Å². The Labute approximate surface area is 269 Å². The first-order chi connectivity index (χ1) is 22.6. The molecule has 0 bridgehead atoms. The van der Waals surface area contributed by atoms with Crippen molar-refractivity contribution in [2.24, 2.45) is 5.11 Å². The van der Waals surface area contributed by atoms with Crippen molar-refractivity contribution in [3.8, 4) is 28.6 Å². The number of nitrogens with zero attached hydrogens (tertiary/aromatic N) is 6. The summed E-state index contributed by atoms with van der Waals surface area (Å²) in [6.45, 7) is 5.19. The van der Waals surface area contributed by atoms with Crippen LogP contribution in [0.2, 0.25) is 0 Å². The number of carboxylic acid groups (broad SMARTS) is 2. The number of aromatic hydroxyl groups is 2. The Bertz CT molecular complexity index is 1830. The minimum absolute atomic E-state index is 0.0120. The minimum Gasteiger partial charge on any atom is -0.507 e. The molecule has 0 aliphatic rings. The van der Waals surface area contributed by atoms with Gasteiger partial charge in [0, 0.05) is 42.7 Å². The Morgan fingerprint density at radius 2 is 1.55 bits per heavy atom. The van der Waals surface area contributed by atoms with Gasteiger partial charge in [0.25, 0.3) is 5.91 Å². The van der Waals surface area contributed by atoms with Crippen molar-refractivity contribution < 1.29 is 34.8 Å². The third kappa shape index (κ3) is 8.13. The molecule has 0 spiro atoms. The monoisotopic (exact) mass is 642 g/mol. The maximum atomic E-state index is 13.9. The van der Waals surface area contributed by atoms with E-state index in [4.69, 9.17) is 5.53 Å². The standard InChI is InChI=1S/C32H34N8O7/c1-3-5-11-39(12-6-4-2)30(43)19-13-24(26(36-33)17-34-20-7-9-22(31(44)45)28(41)15-20)35-25(14-19)27-18-40(38-37-27)21-8-10-23(32(46)47)29(42)16-21/h7-10,13-18,33-34,41-42H,3-6,11-12H2,1-2H3,(H,44,45)(H,46,47)/b26-17-,36-33?. The van der Waals surface area contributed by atoms with Gasteiger partial charge in [-0.05, 0) is 49.2 Å². The Morgan fingerprint density at radius 3 is 2.13 bits per heavy atom. The van der Waals surface area contributed by atoms with Gasteiger partial charge in [0.05, 0.1) is 23.3 Å². The van der Waals surface area contributed by atoms with Crippen LogP contribution < -0.4 is 5.32 Å². The molecule has 1 amide bonds. The van der Waals surface area contributed by atoms with Crippen molar-refractivity contribution >= 4 is 29.2 Å². The molecule has 2 aromatic heterocycles. The van der Waals surface area contributed by atoms with E-state index in [1.54, 1.807) is 11.0 Å². The number of hydrogen-bond acceptors (Lipinski definition) is 11. The lowest BCUT2D eigenvalue weighted by Gasteiger charge is -2.23. The van der Waals surface area contributed by atoms with Gasteiger partial charge in [-0.3, -0.25) is 4.79 Å². The summed E-state index contributed by atoms with van der Waals surface area (Å²) in [6, 6.07) is 10.9. The molecule has 47 heavy (non-hydrogen) atoms. The number of aromatic nitrogens is 4. The molecule has 0 aliphatic heterocycles. The number of nitrogens with one attached hydrogen (secondary N) is 2. The van der Waals surface area contributed by atoms with Crippen LogP contribution in [0.5, 0.6) is 11.5 Å². The number of aromatic carboxylic acids is 2. The van der Waals surface area contributed by atoms with Crippen molar-refractivity contribution in [1.82, 2.24) is 24.9 Å². The summed E-state index contributed by atoms with van der Waals surface area (Å²) in [4.78, 5) is 42.8. The molecule has 0 unspecified atom stereocenters. The first-order valence-corrected chi connectivity index (χ1v) is 14.8. The Morgan fingerprint density at radius 1 is 0.915 bits per heavy atom. The predicted molar refractivity (Wildman–Crippen MR) is 171 cm³/mol. The zero-order valence-corrected chi connectivity index (χ0v) is 25.7. The van der Waals surface area contributed by atoms with E-state index >= 15 is 0 Å². The molecule has 0 fully saturated rings. The SMILES string of the molecule is CCCCN(CCCC)C(=O)c1cc(/C(=C/Nc2ccc(C(=O)O)c(O)c2)N=N)nc(-c2cn(-c3ccc(C(=O)O)c(O)c3)nn2)c1. The second-order valence-corrected chi connectivity index (χ2v) is 10.5. The summed E-state index contributed by atoms with van der Waals surface area (Å²) in [5.74, 6) is -3.73. The van der Waals surface area contributed by atoms with Crippen LogP contribution in [0.15, 0.2) is 66.0 Å². The Balaban J connectivity index is 1.77. The second kappa shape index (κ2) is 15.2. The number of amides is 1. The zero-order valence-electron chi connectivity index (χ0n) is 25.7. The highest BCUT2D eigenvalue weighted by Crippen LogP contribution is 2.27. The van der Waals surface area contributed by atoms with Gasteiger partial charge in [-0.1, -0.05) is 31.9 Å². The van der Waals surface area contributed by atoms with Crippen molar-refractivity contribution in [3.63, 3.8) is 0 Å². The molecule has 2 heterocycles. The van der Waals surface area contributed by atoms with Gasteiger partial charge in [0.1, 0.15) is 34.0 Å². The molecule has 244 valence electrons. The smallest absolute Gasteiger partial charge is 0.339 e. The summed E-state index contributed by atoms with van der Waals surface area (Å²) < 4.78 is 1.31. The van der Waals surface area contributed by atoms with Crippen molar-refractivity contribution in [1.29, 1.82) is 5.53 Å². The molecule has 4 aromatic rings. The number of benzene rings is 2. The van der Waals surface area contributed by atoms with Gasteiger partial charge in [-0.25, -0.2) is 24.8 Å². The average molecular weight is 643 g/mol. The molecule has 0 atom stereocenters. The first kappa shape index (κ1) is 33.8. The number of pyridine rings is 1. The average Bonchev–Trinajstić information content (AvgIpc) is 3.55. The molecule has 4 rings (SSSR count). The van der Waals surface area contributed by atoms with E-state index in [1.165, 1.54) is 59.5 Å². The van der Waals surface area contributed by atoms with Crippen LogP contribution in [-0.2, 0) is 0 Å². The molecule has 0 saturated carbocycles. The summed E-state index contributed by atoms with van der Waals surface area (Å²) >= 11 is 0. The lowest BCUT2D eigenvalue weighted by Crippen LogP contribution is -2.33. The second-order valence-electron chi connectivity index (χ2n) is 10.5. The first-order valence-electron chi connectivity index (χ1n) is 14.8. The molecule has 0 aliphatic carbocycles. The van der Waals surface area contributed by atoms with Gasteiger partial charge in [-0.15, -0.1) is 5.10 Å². The molecular formula is C32H34N8O7. The van der Waals surface area contributed by atoms with Crippen LogP contribution in [0.1, 0.15) is 76.3 Å². The van der Waals surface area contributed by atoms with E-state index in [1.807, 2.05) is 13.8 Å². The molecule has 0 saturated heterocycles. The lowest BCUT2D eigenvalue weighted by molar-refractivity contribution is 0.0682. The summed E-state index contributed by atoms with van der Waals surface area (Å²) in [7, 11) is 0. The van der Waals surface area contributed by atoms with Gasteiger partial charge >= 0.3 is 11.9 Å². The number of phenols is 2. The molecule has 15 heteroatoms. The van der Waals surface area contributed by atoms with Crippen LogP contribution in [0.3, 0.4) is 0 Å². The number of anilines is 1. The van der Waals surface area contributed by atoms with E-state index in [0.717, 1.165) is 25.7 Å². The maximum Gasteiger partial charge on any atom is 0.339 e. The summed E-state index contributed by atoms with van der Waals surface area (Å²) in [5.41, 5.74) is 8.83. The maximum absolute atomic E-state index is 13.9. The Hall–Kier alpha value is -6.12. The molecule has 15 nitrogen and oxygen atoms in total. The van der Waals surface area contributed by atoms with Crippen LogP contribution in [0.25, 0.3) is 22.8 Å². The highest BCUT2D eigenvalue weighted by atomic mass is 16.4. The molecule has 0 radical (unpaired) electrons. The van der Waals surface area contributed by atoms with Crippen LogP contribution >= 0.6 is 0 Å². The molecule has 2 aromatic carbocycles. The van der Waals surface area contributed by atoms with E-state index in [9.17, 15) is 34.8 Å². The highest BCUT2D eigenvalue weighted by molar-refractivity contribution is 5.96. The number of rotatable bonds is 15. The van der Waals surface area contributed by atoms with Crippen molar-refractivity contribution in [3.05, 3.63) is 83.3 Å². The predicted octanol–water partition coefficient (Wildman–Crippen LogP) is 5.62. The fourth-order valence-electron chi connectivity index (χ4n) is 4.58. The fourth-order valence-corrected chi connectivity index (χ4v) is 4.58. The minimum atomic E-state index is -1.29. The van der Waals surface area contributed by atoms with Crippen molar-refractivity contribution in [2.45, 2.75) is 39.5 Å². The molecular weight excluding hydrogens is 608 g/mol. The van der Waals surface area contributed by atoms with Crippen LogP contribution in [-0.4, -0.2) is 76.2 Å². The van der Waals surface area contributed by atoms with Crippen molar-refractivity contribution in [2.75, 3.05) is 18.4 Å². The normalized spacial score (nSPS) is 11.2. The largest absolute Gasteiger partial charge is 0.507 e. The number of unbranched alkanes of at least 4 members (excludes halogenated alkanes) is 2. The quantitative estimate of drug-likeness (QED) is 0.0872. The molecule has 6 N–H and O–H groups in total. The van der Waals surface area contributed by atoms with Gasteiger partial charge in [0.2, 0.25) is 0 Å². The van der Waals surface area contributed by atoms with E-state index in [-0.39, 0.29) is 45.4 Å². The topological polar surface area (TPSA) is 227 Å². The number of hydrogen-bond donors (Lipinski definition) is 6. The van der Waals surface area contributed by atoms with E-state index < -0.39 is 23.4 Å². The highest BCUT2D eigenvalue weighted by Gasteiger charge is 2.21. The summed E-state index contributed by atoms with van der Waals surface area (Å²) in [6.07, 6.45) is 6.24. The van der Waals surface area contributed by atoms with Crippen LogP contribution in [0, 0.1) is 5.53 Å². The summed E-state index contributed by atoms with van der Waals surface area (Å²) in [5, 5.41) is 53.4. The van der Waals surface area contributed by atoms with Gasteiger partial charge < -0.3 is 30.6 Å². The third-order valence-corrected chi connectivity index (χ3v) is 7.14. The zero-order chi connectivity index (χ0) is 34.1. The number of carboxylic acids is 2. The third-order valence-electron chi connectivity index (χ3n) is 7.14. The number of carbonyl (C=O) groups excluding carboxylic acids is 1. The van der Waals surface area contributed by atoms with Gasteiger partial charge in [-0.2, -0.15) is 5.11 Å².